The Balaban J connectivity index is -0.0000000125. The van der Waals surface area contributed by atoms with Crippen molar-refractivity contribution in [2.24, 2.45) is 0 Å². The molecule has 0 N–H and O–H groups in total. The van der Waals surface area contributed by atoms with Crippen LogP contribution in [0.1, 0.15) is 0 Å². The Labute approximate surface area is 82.1 Å². The molecule has 5 nitrogen and oxygen atoms in total. The molecule has 7 heteroatoms. The molecule has 0 heterocycles. The van der Waals surface area contributed by atoms with E-state index in [4.69, 9.17) is 24.6 Å². The second-order valence-corrected chi connectivity index (χ2v) is 0.250. The predicted molar refractivity (Wildman–Crippen MR) is 19.6 cm³/mol. The van der Waals surface area contributed by atoms with Crippen molar-refractivity contribution in [3.8, 4) is 0 Å². The van der Waals surface area contributed by atoms with Crippen molar-refractivity contribution in [3.63, 3.8) is 0 Å². The van der Waals surface area contributed by atoms with Crippen LogP contribution in [0.25, 0.3) is 0 Å². The smallest absolute Gasteiger partial charge is 0.652 e. The monoisotopic (exact) mass is 134 g/mol. The van der Waals surface area contributed by atoms with Crippen molar-refractivity contribution >= 4 is 19.7 Å². The predicted octanol–water partition coefficient (Wildman–Crippen LogP) is -8.81. The van der Waals surface area contributed by atoms with Gasteiger partial charge in [-0.25, -0.2) is 0 Å². The standard InChI is InChI=1S/CH2O3.2CH2O.2Li/c2-1(3)4;2*1-2;;/h(H2,2,3,4);2*1H2;;/q;;;2*+1/p-2. The van der Waals surface area contributed by atoms with Crippen LogP contribution in [0.15, 0.2) is 0 Å². The van der Waals surface area contributed by atoms with Gasteiger partial charge in [0.15, 0.2) is 0 Å². The minimum Gasteiger partial charge on any atom is -0.652 e. The number of carbonyl (C=O) groups excluding carboxylic acids is 3. The van der Waals surface area contributed by atoms with E-state index < -0.39 is 6.16 Å². The molecule has 10 heavy (non-hydrogen) atoms. The summed E-state index contributed by atoms with van der Waals surface area (Å²) >= 11 is 0. The normalized spacial score (nSPS) is 3.20. The third-order valence-corrected chi connectivity index (χ3v) is 0. The second kappa shape index (κ2) is 68.2. The third-order valence-electron chi connectivity index (χ3n) is 0. The average Bonchev–Trinajstić information content (AvgIpc) is 1.75. The summed E-state index contributed by atoms with van der Waals surface area (Å²) in [5.41, 5.74) is 0. The number of hydrogen-bond acceptors (Lipinski definition) is 5. The number of rotatable bonds is 0. The van der Waals surface area contributed by atoms with E-state index in [1.807, 2.05) is 13.6 Å². The molecule has 0 atom stereocenters. The average molecular weight is 134 g/mol. The molecule has 0 aliphatic rings. The molecule has 0 aromatic heterocycles. The van der Waals surface area contributed by atoms with Crippen LogP contribution in [-0.2, 0) is 9.59 Å². The van der Waals surface area contributed by atoms with Crippen molar-refractivity contribution in [1.29, 1.82) is 0 Å². The molecule has 0 rings (SSSR count). The summed E-state index contributed by atoms with van der Waals surface area (Å²) in [6.07, 6.45) is -2.33. The molecule has 0 bridgehead atoms. The summed E-state index contributed by atoms with van der Waals surface area (Å²) in [5.74, 6) is 0. The minimum absolute atomic E-state index is 0. The minimum atomic E-state index is -2.33. The molecule has 0 aliphatic heterocycles. The Hall–Kier alpha value is -0.195. The Morgan fingerprint density at radius 3 is 0.900 bits per heavy atom. The van der Waals surface area contributed by atoms with E-state index in [0.717, 1.165) is 0 Å². The van der Waals surface area contributed by atoms with Gasteiger partial charge in [-0.05, 0) is 6.16 Å². The summed E-state index contributed by atoms with van der Waals surface area (Å²) < 4.78 is 0. The van der Waals surface area contributed by atoms with Crippen LogP contribution in [0.2, 0.25) is 0 Å². The van der Waals surface area contributed by atoms with Gasteiger partial charge in [-0.2, -0.15) is 0 Å². The van der Waals surface area contributed by atoms with Gasteiger partial charge in [-0.15, -0.1) is 0 Å². The molecule has 0 aromatic carbocycles. The first-order valence-corrected chi connectivity index (χ1v) is 1.19. The zero-order valence-corrected chi connectivity index (χ0v) is 5.96. The first-order valence-electron chi connectivity index (χ1n) is 1.19. The molecule has 0 aromatic rings. The van der Waals surface area contributed by atoms with Gasteiger partial charge < -0.3 is 24.6 Å². The van der Waals surface area contributed by atoms with Crippen molar-refractivity contribution in [2.45, 2.75) is 0 Å². The van der Waals surface area contributed by atoms with Gasteiger partial charge in [0.2, 0.25) is 0 Å². The van der Waals surface area contributed by atoms with Gasteiger partial charge in [0.05, 0.1) is 0 Å². The second-order valence-electron chi connectivity index (χ2n) is 0.250. The summed E-state index contributed by atoms with van der Waals surface area (Å²) in [6, 6.07) is 0. The number of carbonyl (C=O) groups is 3. The molecule has 48 valence electrons. The summed E-state index contributed by atoms with van der Waals surface area (Å²) in [7, 11) is 0. The van der Waals surface area contributed by atoms with E-state index in [1.54, 1.807) is 0 Å². The maximum Gasteiger partial charge on any atom is 1.00 e. The molecular formula is C3H4Li2O5. The van der Waals surface area contributed by atoms with Gasteiger partial charge in [-0.1, -0.05) is 0 Å². The van der Waals surface area contributed by atoms with Crippen molar-refractivity contribution < 1.29 is 62.3 Å². The molecule has 0 saturated heterocycles. The molecule has 0 unspecified atom stereocenters. The van der Waals surface area contributed by atoms with E-state index in [2.05, 4.69) is 0 Å². The summed E-state index contributed by atoms with van der Waals surface area (Å²) in [4.78, 5) is 24.3. The van der Waals surface area contributed by atoms with E-state index in [1.165, 1.54) is 0 Å². The third kappa shape index (κ3) is 9490. The molecule has 0 aliphatic carbocycles. The fourth-order valence-electron chi connectivity index (χ4n) is 0. The Kier molecular flexibility index (Phi) is 224. The van der Waals surface area contributed by atoms with E-state index in [0.29, 0.717) is 0 Å². The van der Waals surface area contributed by atoms with Crippen molar-refractivity contribution in [3.05, 3.63) is 0 Å². The van der Waals surface area contributed by atoms with Crippen molar-refractivity contribution in [1.82, 2.24) is 0 Å². The summed E-state index contributed by atoms with van der Waals surface area (Å²) in [6.45, 7) is 4.00. The zero-order chi connectivity index (χ0) is 7.58. The van der Waals surface area contributed by atoms with Crippen LogP contribution in [0, 0.1) is 0 Å². The zero-order valence-electron chi connectivity index (χ0n) is 5.96. The van der Waals surface area contributed by atoms with Crippen LogP contribution < -0.4 is 47.9 Å². The SMILES string of the molecule is C=O.C=O.O=C([O-])[O-].[Li+].[Li+]. The van der Waals surface area contributed by atoms with Crippen LogP contribution in [0.4, 0.5) is 4.79 Å². The van der Waals surface area contributed by atoms with Gasteiger partial charge in [0.1, 0.15) is 13.6 Å². The maximum atomic E-state index is 8.33. The Morgan fingerprint density at radius 2 is 0.900 bits per heavy atom. The Morgan fingerprint density at radius 1 is 0.900 bits per heavy atom. The quantitative estimate of drug-likeness (QED) is 0.306. The fourth-order valence-corrected chi connectivity index (χ4v) is 0. The number of hydrogen-bond donors (Lipinski definition) is 0. The molecule has 0 saturated carbocycles. The van der Waals surface area contributed by atoms with E-state index in [9.17, 15) is 0 Å². The van der Waals surface area contributed by atoms with Crippen LogP contribution in [0.5, 0.6) is 0 Å². The molecular weight excluding hydrogens is 130 g/mol. The van der Waals surface area contributed by atoms with E-state index in [-0.39, 0.29) is 37.7 Å². The van der Waals surface area contributed by atoms with Crippen LogP contribution >= 0.6 is 0 Å². The molecule has 0 spiro atoms. The Bertz CT molecular complexity index is 52.9. The largest absolute Gasteiger partial charge is 1.00 e. The van der Waals surface area contributed by atoms with Gasteiger partial charge in [0, 0.05) is 0 Å². The van der Waals surface area contributed by atoms with Crippen LogP contribution in [0.3, 0.4) is 0 Å². The van der Waals surface area contributed by atoms with E-state index >= 15 is 0 Å². The first-order chi connectivity index (χ1) is 3.73. The van der Waals surface area contributed by atoms with Crippen molar-refractivity contribution in [2.75, 3.05) is 0 Å². The topological polar surface area (TPSA) is 97.3 Å². The maximum absolute atomic E-state index is 8.33. The van der Waals surface area contributed by atoms with Gasteiger partial charge in [0.25, 0.3) is 0 Å². The van der Waals surface area contributed by atoms with Gasteiger partial charge >= 0.3 is 37.7 Å². The number of carboxylic acid groups (broad SMARTS) is 2. The van der Waals surface area contributed by atoms with Gasteiger partial charge in [-0.3, -0.25) is 0 Å². The molecule has 0 radical (unpaired) electrons. The molecule has 0 fully saturated rings. The van der Waals surface area contributed by atoms with Crippen LogP contribution in [-0.4, -0.2) is 19.7 Å². The fraction of sp³-hybridized carbons (Fsp3) is 0. The summed E-state index contributed by atoms with van der Waals surface area (Å²) in [5, 5.41) is 16.7. The molecule has 0 amide bonds. The first kappa shape index (κ1) is 32.9.